The predicted molar refractivity (Wildman–Crippen MR) is 110 cm³/mol. The maximum Gasteiger partial charge on any atom is 0.219 e. The zero-order chi connectivity index (χ0) is 16.5. The number of guanidine groups is 1. The van der Waals surface area contributed by atoms with Crippen LogP contribution in [0, 0.1) is 0 Å². The summed E-state index contributed by atoms with van der Waals surface area (Å²) >= 11 is 0. The van der Waals surface area contributed by atoms with E-state index in [1.165, 1.54) is 5.56 Å². The molecule has 6 heteroatoms. The average molecular weight is 444 g/mol. The molecule has 1 saturated heterocycles. The minimum absolute atomic E-state index is 0. The van der Waals surface area contributed by atoms with Crippen molar-refractivity contribution in [2.45, 2.75) is 26.7 Å². The van der Waals surface area contributed by atoms with Crippen LogP contribution in [-0.4, -0.2) is 60.9 Å². The number of amides is 1. The molecule has 134 valence electrons. The van der Waals surface area contributed by atoms with Gasteiger partial charge in [0.1, 0.15) is 0 Å². The second-order valence-corrected chi connectivity index (χ2v) is 5.82. The van der Waals surface area contributed by atoms with Gasteiger partial charge in [-0.25, -0.2) is 0 Å². The summed E-state index contributed by atoms with van der Waals surface area (Å²) < 4.78 is 0. The van der Waals surface area contributed by atoms with Gasteiger partial charge in [0.05, 0.1) is 0 Å². The van der Waals surface area contributed by atoms with E-state index in [-0.39, 0.29) is 29.9 Å². The van der Waals surface area contributed by atoms with Crippen molar-refractivity contribution in [1.82, 2.24) is 15.1 Å². The fourth-order valence-electron chi connectivity index (χ4n) is 2.77. The summed E-state index contributed by atoms with van der Waals surface area (Å²) in [5.41, 5.74) is 1.36. The monoisotopic (exact) mass is 444 g/mol. The zero-order valence-corrected chi connectivity index (χ0v) is 17.0. The number of carbonyl (C=O) groups is 1. The fraction of sp³-hybridized carbons (Fsp3) is 0.556. The number of aryl methyl sites for hydroxylation is 1. The van der Waals surface area contributed by atoms with Crippen LogP contribution in [-0.2, 0) is 11.2 Å². The van der Waals surface area contributed by atoms with E-state index in [0.717, 1.165) is 58.1 Å². The van der Waals surface area contributed by atoms with Crippen LogP contribution in [0.4, 0.5) is 0 Å². The lowest BCUT2D eigenvalue weighted by molar-refractivity contribution is -0.130. The maximum absolute atomic E-state index is 11.4. The molecule has 1 aliphatic rings. The first-order valence-electron chi connectivity index (χ1n) is 8.53. The minimum atomic E-state index is 0. The third-order valence-electron chi connectivity index (χ3n) is 4.09. The van der Waals surface area contributed by atoms with Gasteiger partial charge in [-0.05, 0) is 25.3 Å². The number of nitrogens with one attached hydrogen (secondary N) is 1. The minimum Gasteiger partial charge on any atom is -0.357 e. The van der Waals surface area contributed by atoms with Gasteiger partial charge in [-0.2, -0.15) is 0 Å². The second kappa shape index (κ2) is 11.3. The summed E-state index contributed by atoms with van der Waals surface area (Å²) in [5, 5.41) is 3.37. The van der Waals surface area contributed by atoms with E-state index in [1.54, 1.807) is 6.92 Å². The molecule has 2 rings (SSSR count). The highest BCUT2D eigenvalue weighted by Gasteiger charge is 2.20. The number of nitrogens with zero attached hydrogens (tertiary/aromatic N) is 3. The van der Waals surface area contributed by atoms with E-state index in [4.69, 9.17) is 4.99 Å². The van der Waals surface area contributed by atoms with E-state index in [2.05, 4.69) is 41.4 Å². The third-order valence-corrected chi connectivity index (χ3v) is 4.09. The van der Waals surface area contributed by atoms with Crippen LogP contribution in [0.3, 0.4) is 0 Å². The molecule has 0 aliphatic carbocycles. The standard InChI is InChI=1S/C18H28N4O.HI/c1-3-19-18(22-14-12-21(13-15-22)16(2)23)20-11-7-10-17-8-5-4-6-9-17;/h4-6,8-9H,3,7,10-15H2,1-2H3,(H,19,20);1H. The highest BCUT2D eigenvalue weighted by Crippen LogP contribution is 2.05. The van der Waals surface area contributed by atoms with Crippen molar-refractivity contribution in [2.75, 3.05) is 39.3 Å². The molecule has 0 aromatic heterocycles. The van der Waals surface area contributed by atoms with Crippen LogP contribution in [0.25, 0.3) is 0 Å². The van der Waals surface area contributed by atoms with Crippen molar-refractivity contribution in [3.05, 3.63) is 35.9 Å². The topological polar surface area (TPSA) is 47.9 Å². The fourth-order valence-corrected chi connectivity index (χ4v) is 2.77. The first kappa shape index (κ1) is 20.7. The van der Waals surface area contributed by atoms with E-state index in [1.807, 2.05) is 11.0 Å². The highest BCUT2D eigenvalue weighted by molar-refractivity contribution is 14.0. The molecule has 0 saturated carbocycles. The van der Waals surface area contributed by atoms with Crippen molar-refractivity contribution in [1.29, 1.82) is 0 Å². The zero-order valence-electron chi connectivity index (χ0n) is 14.7. The number of benzene rings is 1. The Kier molecular flexibility index (Phi) is 9.75. The van der Waals surface area contributed by atoms with Crippen molar-refractivity contribution in [3.63, 3.8) is 0 Å². The second-order valence-electron chi connectivity index (χ2n) is 5.82. The molecular formula is C18H29IN4O. The lowest BCUT2D eigenvalue weighted by atomic mass is 10.1. The van der Waals surface area contributed by atoms with Gasteiger partial charge in [0, 0.05) is 46.2 Å². The Bertz CT molecular complexity index is 513. The highest BCUT2D eigenvalue weighted by atomic mass is 127. The quantitative estimate of drug-likeness (QED) is 0.329. The molecule has 24 heavy (non-hydrogen) atoms. The molecule has 0 spiro atoms. The molecule has 1 amide bonds. The molecule has 0 radical (unpaired) electrons. The summed E-state index contributed by atoms with van der Waals surface area (Å²) in [6.45, 7) is 8.68. The Hall–Kier alpha value is -1.31. The number of hydrogen-bond acceptors (Lipinski definition) is 2. The first-order valence-corrected chi connectivity index (χ1v) is 8.53. The van der Waals surface area contributed by atoms with E-state index in [0.29, 0.717) is 0 Å². The number of rotatable bonds is 5. The summed E-state index contributed by atoms with van der Waals surface area (Å²) in [6, 6.07) is 10.5. The molecule has 1 fully saturated rings. The molecule has 0 bridgehead atoms. The van der Waals surface area contributed by atoms with Crippen LogP contribution >= 0.6 is 24.0 Å². The van der Waals surface area contributed by atoms with Crippen LogP contribution in [0.1, 0.15) is 25.8 Å². The SMILES string of the molecule is CCNC(=NCCCc1ccccc1)N1CCN(C(C)=O)CC1.I. The Morgan fingerprint density at radius 3 is 2.33 bits per heavy atom. The lowest BCUT2D eigenvalue weighted by Gasteiger charge is -2.36. The van der Waals surface area contributed by atoms with Crippen LogP contribution in [0.5, 0.6) is 0 Å². The molecule has 1 aromatic carbocycles. The Morgan fingerprint density at radius 2 is 1.75 bits per heavy atom. The molecule has 1 N–H and O–H groups in total. The molecule has 0 atom stereocenters. The van der Waals surface area contributed by atoms with Crippen LogP contribution in [0.2, 0.25) is 0 Å². The molecule has 5 nitrogen and oxygen atoms in total. The number of carbonyl (C=O) groups excluding carboxylic acids is 1. The van der Waals surface area contributed by atoms with Crippen molar-refractivity contribution in [3.8, 4) is 0 Å². The summed E-state index contributed by atoms with van der Waals surface area (Å²) in [4.78, 5) is 20.3. The lowest BCUT2D eigenvalue weighted by Crippen LogP contribution is -2.53. The largest absolute Gasteiger partial charge is 0.357 e. The first-order chi connectivity index (χ1) is 11.2. The molecule has 1 heterocycles. The van der Waals surface area contributed by atoms with Gasteiger partial charge in [-0.1, -0.05) is 30.3 Å². The average Bonchev–Trinajstić information content (AvgIpc) is 2.58. The van der Waals surface area contributed by atoms with E-state index >= 15 is 0 Å². The Morgan fingerprint density at radius 1 is 1.12 bits per heavy atom. The van der Waals surface area contributed by atoms with Gasteiger partial charge in [0.2, 0.25) is 5.91 Å². The van der Waals surface area contributed by atoms with E-state index < -0.39 is 0 Å². The molecule has 1 aliphatic heterocycles. The van der Waals surface area contributed by atoms with Gasteiger partial charge in [0.15, 0.2) is 5.96 Å². The van der Waals surface area contributed by atoms with Crippen molar-refractivity contribution in [2.24, 2.45) is 4.99 Å². The summed E-state index contributed by atoms with van der Waals surface area (Å²) in [6.07, 6.45) is 2.11. The van der Waals surface area contributed by atoms with Gasteiger partial charge in [-0.15, -0.1) is 24.0 Å². The maximum atomic E-state index is 11.4. The normalized spacial score (nSPS) is 15.0. The van der Waals surface area contributed by atoms with Crippen molar-refractivity contribution < 1.29 is 4.79 Å². The van der Waals surface area contributed by atoms with Gasteiger partial charge >= 0.3 is 0 Å². The van der Waals surface area contributed by atoms with Gasteiger partial charge < -0.3 is 15.1 Å². The predicted octanol–water partition coefficient (Wildman–Crippen LogP) is 2.37. The molecule has 0 unspecified atom stereocenters. The summed E-state index contributed by atoms with van der Waals surface area (Å²) in [5.74, 6) is 1.14. The van der Waals surface area contributed by atoms with E-state index in [9.17, 15) is 4.79 Å². The smallest absolute Gasteiger partial charge is 0.219 e. The van der Waals surface area contributed by atoms with Crippen LogP contribution in [0.15, 0.2) is 35.3 Å². The summed E-state index contributed by atoms with van der Waals surface area (Å²) in [7, 11) is 0. The Labute approximate surface area is 162 Å². The number of aliphatic imine (C=N–C) groups is 1. The number of hydrogen-bond donors (Lipinski definition) is 1. The van der Waals surface area contributed by atoms with Gasteiger partial charge in [0.25, 0.3) is 0 Å². The molecule has 1 aromatic rings. The third kappa shape index (κ3) is 6.67. The van der Waals surface area contributed by atoms with Crippen molar-refractivity contribution >= 4 is 35.8 Å². The molecular weight excluding hydrogens is 415 g/mol. The van der Waals surface area contributed by atoms with Crippen LogP contribution < -0.4 is 5.32 Å². The van der Waals surface area contributed by atoms with Gasteiger partial charge in [-0.3, -0.25) is 9.79 Å². The number of piperazine rings is 1. The number of halogens is 1. The Balaban J connectivity index is 0.00000288.